The number of anilines is 4. The van der Waals surface area contributed by atoms with Crippen LogP contribution in [0.3, 0.4) is 0 Å². The van der Waals surface area contributed by atoms with Crippen LogP contribution in [0.1, 0.15) is 10.4 Å². The fourth-order valence-electron chi connectivity index (χ4n) is 4.37. The van der Waals surface area contributed by atoms with Crippen molar-refractivity contribution >= 4 is 56.5 Å². The van der Waals surface area contributed by atoms with E-state index in [1.165, 1.54) is 34.1 Å². The summed E-state index contributed by atoms with van der Waals surface area (Å²) < 4.78 is 24.7. The van der Waals surface area contributed by atoms with E-state index in [1.807, 2.05) is 40.0 Å². The molecule has 0 radical (unpaired) electrons. The van der Waals surface area contributed by atoms with E-state index >= 15 is 0 Å². The number of carbonyl (C=O) groups excluding carboxylic acids is 4. The molecule has 3 N–H and O–H groups in total. The number of sulfonamides is 1. The minimum Gasteiger partial charge on any atom is -0.370 e. The second-order valence-corrected chi connectivity index (χ2v) is 11.3. The van der Waals surface area contributed by atoms with Gasteiger partial charge in [0.05, 0.1) is 17.6 Å². The highest BCUT2D eigenvalue weighted by molar-refractivity contribution is 7.89. The Labute approximate surface area is 238 Å². The molecule has 1 heterocycles. The smallest absolute Gasteiger partial charge is 0.319 e. The molecule has 214 valence electrons. The van der Waals surface area contributed by atoms with Gasteiger partial charge >= 0.3 is 6.03 Å². The summed E-state index contributed by atoms with van der Waals surface area (Å²) in [5.41, 5.74) is 2.14. The first-order valence-corrected chi connectivity index (χ1v) is 14.4. The second kappa shape index (κ2) is 12.1. The quantitative estimate of drug-likeness (QED) is 0.388. The number of para-hydroxylation sites is 3. The maximum absolute atomic E-state index is 13.8. The van der Waals surface area contributed by atoms with Gasteiger partial charge in [0.2, 0.25) is 15.9 Å². The van der Waals surface area contributed by atoms with Crippen LogP contribution in [0.2, 0.25) is 0 Å². The van der Waals surface area contributed by atoms with Crippen LogP contribution >= 0.6 is 0 Å². The zero-order valence-electron chi connectivity index (χ0n) is 22.7. The molecule has 0 saturated heterocycles. The maximum atomic E-state index is 13.8. The summed E-state index contributed by atoms with van der Waals surface area (Å²) in [5, 5.41) is 5.24. The van der Waals surface area contributed by atoms with E-state index in [9.17, 15) is 27.6 Å². The van der Waals surface area contributed by atoms with E-state index in [1.54, 1.807) is 38.4 Å². The van der Waals surface area contributed by atoms with Gasteiger partial charge in [-0.15, -0.1) is 0 Å². The molecule has 3 aromatic rings. The van der Waals surface area contributed by atoms with E-state index in [2.05, 4.69) is 10.6 Å². The van der Waals surface area contributed by atoms with Gasteiger partial charge in [-0.3, -0.25) is 19.3 Å². The number of hydrogen-bond donors (Lipinski definition) is 3. The zero-order valence-corrected chi connectivity index (χ0v) is 23.5. The van der Waals surface area contributed by atoms with Crippen LogP contribution < -0.4 is 30.1 Å². The van der Waals surface area contributed by atoms with Crippen molar-refractivity contribution in [1.29, 1.82) is 0 Å². The molecule has 0 aromatic heterocycles. The average molecular weight is 579 g/mol. The molecule has 3 aromatic carbocycles. The lowest BCUT2D eigenvalue weighted by Crippen LogP contribution is -2.54. The number of nitrogens with one attached hydrogen (secondary N) is 3. The summed E-state index contributed by atoms with van der Waals surface area (Å²) in [4.78, 5) is 56.9. The third-order valence-electron chi connectivity index (χ3n) is 6.38. The van der Waals surface area contributed by atoms with Crippen molar-refractivity contribution in [2.75, 3.05) is 53.5 Å². The summed E-state index contributed by atoms with van der Waals surface area (Å²) >= 11 is 0. The largest absolute Gasteiger partial charge is 0.370 e. The van der Waals surface area contributed by atoms with Crippen molar-refractivity contribution in [3.05, 3.63) is 84.4 Å². The molecule has 13 heteroatoms. The Balaban J connectivity index is 1.53. The SMILES string of the molecule is CN1CC(NC(=O)Nc2cccc(C(=O)NS(C)(=O)=O)c2)C(=O)N(CC(=O)N(C)c2ccccc2)c2ccccc21. The number of carbonyl (C=O) groups is 4. The van der Waals surface area contributed by atoms with E-state index in [0.29, 0.717) is 17.1 Å². The summed E-state index contributed by atoms with van der Waals surface area (Å²) in [5.74, 6) is -1.65. The van der Waals surface area contributed by atoms with E-state index in [0.717, 1.165) is 6.26 Å². The predicted octanol–water partition coefficient (Wildman–Crippen LogP) is 2.01. The molecular weight excluding hydrogens is 548 g/mol. The summed E-state index contributed by atoms with van der Waals surface area (Å²) in [6.45, 7) is -0.133. The number of urea groups is 1. The third-order valence-corrected chi connectivity index (χ3v) is 6.94. The van der Waals surface area contributed by atoms with Gasteiger partial charge in [-0.1, -0.05) is 36.4 Å². The molecule has 1 aliphatic rings. The van der Waals surface area contributed by atoms with Gasteiger partial charge in [0.1, 0.15) is 12.6 Å². The van der Waals surface area contributed by atoms with E-state index < -0.39 is 33.9 Å². The Kier molecular flexibility index (Phi) is 8.57. The third kappa shape index (κ3) is 7.19. The molecule has 12 nitrogen and oxygen atoms in total. The Bertz CT molecular complexity index is 1580. The molecule has 0 bridgehead atoms. The molecule has 1 unspecified atom stereocenters. The number of nitrogens with zero attached hydrogens (tertiary/aromatic N) is 3. The van der Waals surface area contributed by atoms with Crippen molar-refractivity contribution in [2.24, 2.45) is 0 Å². The first kappa shape index (κ1) is 29.1. The molecule has 0 spiro atoms. The van der Waals surface area contributed by atoms with Gasteiger partial charge in [0.25, 0.3) is 11.8 Å². The number of fused-ring (bicyclic) bond motifs is 1. The lowest BCUT2D eigenvalue weighted by atomic mass is 10.2. The van der Waals surface area contributed by atoms with Crippen LogP contribution in [0.5, 0.6) is 0 Å². The maximum Gasteiger partial charge on any atom is 0.319 e. The minimum atomic E-state index is -3.77. The Morgan fingerprint density at radius 2 is 1.61 bits per heavy atom. The molecule has 0 saturated carbocycles. The van der Waals surface area contributed by atoms with Crippen molar-refractivity contribution in [1.82, 2.24) is 10.0 Å². The second-order valence-electron chi connectivity index (χ2n) is 9.52. The van der Waals surface area contributed by atoms with Gasteiger partial charge < -0.3 is 20.4 Å². The normalized spacial score (nSPS) is 14.9. The minimum absolute atomic E-state index is 0.0150. The Morgan fingerprint density at radius 1 is 0.951 bits per heavy atom. The molecule has 4 rings (SSSR count). The first-order valence-electron chi connectivity index (χ1n) is 12.6. The van der Waals surface area contributed by atoms with Crippen LogP contribution in [0.4, 0.5) is 27.5 Å². The van der Waals surface area contributed by atoms with Crippen molar-refractivity contribution in [3.8, 4) is 0 Å². The summed E-state index contributed by atoms with van der Waals surface area (Å²) in [7, 11) is -0.360. The molecule has 5 amide bonds. The Hall–Kier alpha value is -4.91. The lowest BCUT2D eigenvalue weighted by Gasteiger charge is -2.27. The van der Waals surface area contributed by atoms with E-state index in [-0.39, 0.29) is 30.2 Å². The lowest BCUT2D eigenvalue weighted by molar-refractivity contribution is -0.123. The standard InChI is InChI=1S/C28H30N6O6S/c1-32-17-22(30-28(38)29-20-11-9-10-19(16-20)26(36)31-41(3,39)40)27(37)34(24-15-8-7-14-23(24)32)18-25(35)33(2)21-12-5-4-6-13-21/h4-16,22H,17-18H2,1-3H3,(H,31,36)(H2,29,30,38). The van der Waals surface area contributed by atoms with Crippen molar-refractivity contribution < 1.29 is 27.6 Å². The van der Waals surface area contributed by atoms with Crippen LogP contribution in [0.15, 0.2) is 78.9 Å². The van der Waals surface area contributed by atoms with Crippen LogP contribution in [-0.4, -0.2) is 71.7 Å². The zero-order chi connectivity index (χ0) is 29.7. The molecule has 0 aliphatic carbocycles. The van der Waals surface area contributed by atoms with Crippen LogP contribution in [0.25, 0.3) is 0 Å². The van der Waals surface area contributed by atoms with Crippen molar-refractivity contribution in [3.63, 3.8) is 0 Å². The monoisotopic (exact) mass is 578 g/mol. The summed E-state index contributed by atoms with van der Waals surface area (Å²) in [6.07, 6.45) is 0.857. The van der Waals surface area contributed by atoms with Gasteiger partial charge in [0, 0.05) is 37.6 Å². The van der Waals surface area contributed by atoms with Gasteiger partial charge in [-0.25, -0.2) is 17.9 Å². The molecular formula is C28H30N6O6S. The highest BCUT2D eigenvalue weighted by Crippen LogP contribution is 2.32. The highest BCUT2D eigenvalue weighted by atomic mass is 32.2. The van der Waals surface area contributed by atoms with Crippen LogP contribution in [0, 0.1) is 0 Å². The van der Waals surface area contributed by atoms with Gasteiger partial charge in [-0.05, 0) is 42.5 Å². The number of hydrogen-bond acceptors (Lipinski definition) is 7. The number of amides is 5. The molecule has 0 fully saturated rings. The predicted molar refractivity (Wildman–Crippen MR) is 157 cm³/mol. The average Bonchev–Trinajstić information content (AvgIpc) is 3.02. The molecule has 1 aliphatic heterocycles. The highest BCUT2D eigenvalue weighted by Gasteiger charge is 2.35. The fourth-order valence-corrected chi connectivity index (χ4v) is 4.83. The molecule has 41 heavy (non-hydrogen) atoms. The number of rotatable bonds is 7. The first-order chi connectivity index (χ1) is 19.4. The number of benzene rings is 3. The van der Waals surface area contributed by atoms with E-state index in [4.69, 9.17) is 0 Å². The van der Waals surface area contributed by atoms with Crippen molar-refractivity contribution in [2.45, 2.75) is 6.04 Å². The Morgan fingerprint density at radius 3 is 2.29 bits per heavy atom. The topological polar surface area (TPSA) is 148 Å². The summed E-state index contributed by atoms with van der Waals surface area (Å²) in [6, 6.07) is 20.1. The van der Waals surface area contributed by atoms with Gasteiger partial charge in [-0.2, -0.15) is 0 Å². The number of likely N-dealkylation sites (N-methyl/N-ethyl adjacent to an activating group) is 2. The van der Waals surface area contributed by atoms with Crippen LogP contribution in [-0.2, 0) is 19.6 Å². The molecule has 1 atom stereocenters. The fraction of sp³-hybridized carbons (Fsp3) is 0.214. The van der Waals surface area contributed by atoms with Gasteiger partial charge in [0.15, 0.2) is 0 Å².